The number of carboxylic acids is 1. The molecule has 1 aromatic heterocycles. The summed E-state index contributed by atoms with van der Waals surface area (Å²) >= 11 is 2.24. The van der Waals surface area contributed by atoms with E-state index in [2.05, 4.69) is 10.3 Å². The van der Waals surface area contributed by atoms with Crippen LogP contribution in [-0.2, 0) is 16.0 Å². The first kappa shape index (κ1) is 15.5. The molecule has 1 aromatic carbocycles. The molecule has 110 valence electrons. The van der Waals surface area contributed by atoms with E-state index in [4.69, 9.17) is 5.11 Å². The largest absolute Gasteiger partial charge is 0.481 e. The fraction of sp³-hybridized carbons (Fsp3) is 0.154. The molecule has 0 saturated heterocycles. The van der Waals surface area contributed by atoms with Crippen molar-refractivity contribution in [3.8, 4) is 0 Å². The highest BCUT2D eigenvalue weighted by atomic mass is 32.2. The molecule has 0 bridgehead atoms. The second-order valence-corrected chi connectivity index (χ2v) is 5.86. The van der Waals surface area contributed by atoms with Gasteiger partial charge in [0.25, 0.3) is 0 Å². The lowest BCUT2D eigenvalue weighted by Crippen LogP contribution is -2.14. The van der Waals surface area contributed by atoms with Gasteiger partial charge in [0.05, 0.1) is 17.9 Å². The summed E-state index contributed by atoms with van der Waals surface area (Å²) < 4.78 is 13.4. The van der Waals surface area contributed by atoms with Gasteiger partial charge in [0.15, 0.2) is 5.13 Å². The van der Waals surface area contributed by atoms with Crippen LogP contribution in [0.25, 0.3) is 0 Å². The van der Waals surface area contributed by atoms with Crippen LogP contribution < -0.4 is 5.32 Å². The van der Waals surface area contributed by atoms with Gasteiger partial charge in [-0.05, 0) is 12.1 Å². The maximum absolute atomic E-state index is 13.4. The molecule has 21 heavy (non-hydrogen) atoms. The molecule has 0 spiro atoms. The quantitative estimate of drug-likeness (QED) is 0.798. The van der Waals surface area contributed by atoms with Gasteiger partial charge in [0.1, 0.15) is 5.82 Å². The van der Waals surface area contributed by atoms with Gasteiger partial charge in [-0.3, -0.25) is 9.59 Å². The zero-order valence-corrected chi connectivity index (χ0v) is 12.3. The number of nitrogens with zero attached hydrogens (tertiary/aromatic N) is 1. The summed E-state index contributed by atoms with van der Waals surface area (Å²) in [5, 5.41) is 13.1. The minimum Gasteiger partial charge on any atom is -0.481 e. The fourth-order valence-electron chi connectivity index (χ4n) is 1.46. The number of benzene rings is 1. The Morgan fingerprint density at radius 2 is 2.14 bits per heavy atom. The molecule has 0 radical (unpaired) electrons. The molecule has 0 atom stereocenters. The number of hydrogen-bond acceptors (Lipinski definition) is 5. The number of aliphatic carboxylic acids is 1. The van der Waals surface area contributed by atoms with Gasteiger partial charge in [-0.15, -0.1) is 23.1 Å². The maximum atomic E-state index is 13.4. The van der Waals surface area contributed by atoms with E-state index in [1.807, 2.05) is 0 Å². The molecule has 0 aliphatic heterocycles. The van der Waals surface area contributed by atoms with Crippen LogP contribution in [-0.4, -0.2) is 27.7 Å². The number of carbonyl (C=O) groups is 2. The van der Waals surface area contributed by atoms with Crippen LogP contribution in [0.3, 0.4) is 0 Å². The first-order valence-electron chi connectivity index (χ1n) is 5.88. The minimum atomic E-state index is -0.978. The zero-order valence-electron chi connectivity index (χ0n) is 10.7. The predicted octanol–water partition coefficient (Wildman–Crippen LogP) is 2.64. The van der Waals surface area contributed by atoms with E-state index in [9.17, 15) is 14.0 Å². The van der Waals surface area contributed by atoms with Crippen molar-refractivity contribution in [1.82, 2.24) is 4.98 Å². The number of carbonyl (C=O) groups excluding carboxylic acids is 1. The third-order valence-electron chi connectivity index (χ3n) is 2.33. The number of aromatic nitrogens is 1. The Hall–Kier alpha value is -1.93. The Balaban J connectivity index is 1.86. The van der Waals surface area contributed by atoms with Crippen molar-refractivity contribution in [3.63, 3.8) is 0 Å². The van der Waals surface area contributed by atoms with Crippen molar-refractivity contribution in [3.05, 3.63) is 41.2 Å². The zero-order chi connectivity index (χ0) is 15.2. The number of halogens is 1. The van der Waals surface area contributed by atoms with E-state index in [1.165, 1.54) is 6.07 Å². The van der Waals surface area contributed by atoms with E-state index in [0.717, 1.165) is 23.1 Å². The summed E-state index contributed by atoms with van der Waals surface area (Å²) in [7, 11) is 0. The molecule has 0 unspecified atom stereocenters. The molecule has 1 heterocycles. The van der Waals surface area contributed by atoms with Gasteiger partial charge in [-0.1, -0.05) is 12.1 Å². The molecule has 2 aromatic rings. The lowest BCUT2D eigenvalue weighted by atomic mass is 10.3. The highest BCUT2D eigenvalue weighted by Gasteiger charge is 2.10. The molecule has 5 nitrogen and oxygen atoms in total. The van der Waals surface area contributed by atoms with E-state index >= 15 is 0 Å². The number of amides is 1. The van der Waals surface area contributed by atoms with Gasteiger partial charge in [0, 0.05) is 10.3 Å². The topological polar surface area (TPSA) is 79.3 Å². The van der Waals surface area contributed by atoms with Gasteiger partial charge >= 0.3 is 5.97 Å². The normalized spacial score (nSPS) is 10.3. The molecule has 0 aliphatic carbocycles. The predicted molar refractivity (Wildman–Crippen MR) is 79.2 cm³/mol. The van der Waals surface area contributed by atoms with Gasteiger partial charge in [-0.2, -0.15) is 0 Å². The summed E-state index contributed by atoms with van der Waals surface area (Å²) in [6.45, 7) is 0. The Kier molecular flexibility index (Phi) is 5.29. The maximum Gasteiger partial charge on any atom is 0.309 e. The van der Waals surface area contributed by atoms with E-state index in [0.29, 0.717) is 15.7 Å². The monoisotopic (exact) mass is 326 g/mol. The van der Waals surface area contributed by atoms with Crippen molar-refractivity contribution in [2.24, 2.45) is 0 Å². The Morgan fingerprint density at radius 3 is 2.86 bits per heavy atom. The van der Waals surface area contributed by atoms with Crippen LogP contribution in [0.5, 0.6) is 0 Å². The van der Waals surface area contributed by atoms with Gasteiger partial charge < -0.3 is 10.4 Å². The molecule has 1 amide bonds. The Bertz CT molecular complexity index is 660. The minimum absolute atomic E-state index is 0.0504. The van der Waals surface area contributed by atoms with Crippen LogP contribution in [0.1, 0.15) is 5.69 Å². The van der Waals surface area contributed by atoms with Crippen molar-refractivity contribution in [1.29, 1.82) is 0 Å². The summed E-state index contributed by atoms with van der Waals surface area (Å²) in [5.74, 6) is -1.62. The molecule has 2 N–H and O–H groups in total. The van der Waals surface area contributed by atoms with Crippen molar-refractivity contribution < 1.29 is 19.1 Å². The molecule has 8 heteroatoms. The third kappa shape index (κ3) is 4.83. The summed E-state index contributed by atoms with van der Waals surface area (Å²) in [6.07, 6.45) is -0.184. The molecule has 2 rings (SSSR count). The van der Waals surface area contributed by atoms with Crippen LogP contribution >= 0.6 is 23.1 Å². The second-order valence-electron chi connectivity index (χ2n) is 3.98. The number of carboxylic acid groups (broad SMARTS) is 1. The smallest absolute Gasteiger partial charge is 0.309 e. The Labute approximate surface area is 128 Å². The second kappa shape index (κ2) is 7.19. The number of rotatable bonds is 6. The number of thiazole rings is 1. The summed E-state index contributed by atoms with van der Waals surface area (Å²) in [5.41, 5.74) is 0.393. The van der Waals surface area contributed by atoms with Crippen LogP contribution in [0.4, 0.5) is 9.52 Å². The highest BCUT2D eigenvalue weighted by Crippen LogP contribution is 2.22. The fourth-order valence-corrected chi connectivity index (χ4v) is 2.93. The van der Waals surface area contributed by atoms with Crippen molar-refractivity contribution >= 4 is 40.1 Å². The Morgan fingerprint density at radius 1 is 1.38 bits per heavy atom. The van der Waals surface area contributed by atoms with Crippen molar-refractivity contribution in [2.45, 2.75) is 11.3 Å². The lowest BCUT2D eigenvalue weighted by Gasteiger charge is -2.03. The van der Waals surface area contributed by atoms with Crippen LogP contribution in [0.15, 0.2) is 34.5 Å². The number of hydrogen-bond donors (Lipinski definition) is 2. The highest BCUT2D eigenvalue weighted by molar-refractivity contribution is 8.00. The summed E-state index contributed by atoms with van der Waals surface area (Å²) in [4.78, 5) is 26.6. The van der Waals surface area contributed by atoms with E-state index in [-0.39, 0.29) is 23.9 Å². The van der Waals surface area contributed by atoms with Crippen LogP contribution in [0, 0.1) is 5.82 Å². The van der Waals surface area contributed by atoms with Crippen molar-refractivity contribution in [2.75, 3.05) is 11.1 Å². The first-order valence-corrected chi connectivity index (χ1v) is 7.74. The standard InChI is InChI=1S/C13H11FN2O3S2/c14-9-3-1-2-4-10(9)20-7-11(17)16-13-15-8(6-21-13)5-12(18)19/h1-4,6H,5,7H2,(H,18,19)(H,15,16,17). The number of thioether (sulfide) groups is 1. The van der Waals surface area contributed by atoms with E-state index < -0.39 is 5.97 Å². The van der Waals surface area contributed by atoms with E-state index in [1.54, 1.807) is 23.6 Å². The molecule has 0 saturated carbocycles. The first-order chi connectivity index (χ1) is 10.0. The van der Waals surface area contributed by atoms with Gasteiger partial charge in [0.2, 0.25) is 5.91 Å². The number of anilines is 1. The number of nitrogens with one attached hydrogen (secondary N) is 1. The molecular weight excluding hydrogens is 315 g/mol. The molecule has 0 fully saturated rings. The lowest BCUT2D eigenvalue weighted by molar-refractivity contribution is -0.136. The van der Waals surface area contributed by atoms with Crippen LogP contribution in [0.2, 0.25) is 0 Å². The average Bonchev–Trinajstić information content (AvgIpc) is 2.84. The third-order valence-corrected chi connectivity index (χ3v) is 4.18. The molecule has 0 aliphatic rings. The SMILES string of the molecule is O=C(O)Cc1csc(NC(=O)CSc2ccccc2F)n1. The average molecular weight is 326 g/mol. The molecular formula is C13H11FN2O3S2. The van der Waals surface area contributed by atoms with Gasteiger partial charge in [-0.25, -0.2) is 9.37 Å². The summed E-state index contributed by atoms with van der Waals surface area (Å²) in [6, 6.07) is 6.21.